The summed E-state index contributed by atoms with van der Waals surface area (Å²) in [6, 6.07) is 6.13. The van der Waals surface area contributed by atoms with Gasteiger partial charge in [-0.2, -0.15) is 0 Å². The third-order valence-corrected chi connectivity index (χ3v) is 3.48. The minimum absolute atomic E-state index is 0.515. The van der Waals surface area contributed by atoms with E-state index in [1.54, 1.807) is 7.11 Å². The standard InChI is InChI=1S/C14H22O2/c1-6-14(4,16-5)13(15)12-9-10(2)7-8-11(12)3/h7-9,13,15H,6H2,1-5H3. The number of aliphatic hydroxyl groups is 1. The van der Waals surface area contributed by atoms with E-state index in [9.17, 15) is 5.11 Å². The Bertz CT molecular complexity index is 354. The van der Waals surface area contributed by atoms with E-state index in [2.05, 4.69) is 6.07 Å². The lowest BCUT2D eigenvalue weighted by molar-refractivity contribution is -0.0946. The zero-order valence-electron chi connectivity index (χ0n) is 10.9. The maximum atomic E-state index is 10.4. The van der Waals surface area contributed by atoms with Gasteiger partial charge in [-0.1, -0.05) is 30.7 Å². The van der Waals surface area contributed by atoms with E-state index in [4.69, 9.17) is 4.74 Å². The van der Waals surface area contributed by atoms with Gasteiger partial charge in [0.1, 0.15) is 6.10 Å². The normalized spacial score (nSPS) is 16.9. The molecule has 0 fully saturated rings. The molecular weight excluding hydrogens is 200 g/mol. The van der Waals surface area contributed by atoms with Crippen molar-refractivity contribution in [2.75, 3.05) is 7.11 Å². The van der Waals surface area contributed by atoms with E-state index in [1.807, 2.05) is 39.8 Å². The summed E-state index contributed by atoms with van der Waals surface area (Å²) in [5.74, 6) is 0. The Morgan fingerprint density at radius 1 is 1.38 bits per heavy atom. The van der Waals surface area contributed by atoms with Crippen molar-refractivity contribution in [2.24, 2.45) is 0 Å². The molecule has 2 unspecified atom stereocenters. The van der Waals surface area contributed by atoms with Crippen LogP contribution in [0, 0.1) is 13.8 Å². The Hall–Kier alpha value is -0.860. The summed E-state index contributed by atoms with van der Waals surface area (Å²) in [4.78, 5) is 0. The highest BCUT2D eigenvalue weighted by Crippen LogP contribution is 2.33. The Morgan fingerprint density at radius 2 is 2.00 bits per heavy atom. The molecule has 0 aliphatic rings. The van der Waals surface area contributed by atoms with Crippen LogP contribution >= 0.6 is 0 Å². The van der Waals surface area contributed by atoms with Crippen molar-refractivity contribution in [1.29, 1.82) is 0 Å². The Labute approximate surface area is 98.3 Å². The van der Waals surface area contributed by atoms with Crippen LogP contribution in [0.15, 0.2) is 18.2 Å². The summed E-state index contributed by atoms with van der Waals surface area (Å²) in [6.07, 6.45) is 0.195. The second-order valence-corrected chi connectivity index (χ2v) is 4.63. The molecule has 0 radical (unpaired) electrons. The van der Waals surface area contributed by atoms with E-state index >= 15 is 0 Å². The van der Waals surface area contributed by atoms with E-state index in [0.29, 0.717) is 0 Å². The molecule has 90 valence electrons. The summed E-state index contributed by atoms with van der Waals surface area (Å²) in [7, 11) is 1.65. The summed E-state index contributed by atoms with van der Waals surface area (Å²) in [5, 5.41) is 10.4. The quantitative estimate of drug-likeness (QED) is 0.848. The molecule has 0 aliphatic heterocycles. The molecule has 0 saturated heterocycles. The van der Waals surface area contributed by atoms with Gasteiger partial charge in [-0.15, -0.1) is 0 Å². The zero-order valence-corrected chi connectivity index (χ0v) is 10.9. The molecule has 1 aromatic rings. The van der Waals surface area contributed by atoms with Gasteiger partial charge in [-0.3, -0.25) is 0 Å². The molecule has 0 aromatic heterocycles. The molecule has 1 aromatic carbocycles. The van der Waals surface area contributed by atoms with Crippen LogP contribution in [-0.2, 0) is 4.74 Å². The van der Waals surface area contributed by atoms with Crippen LogP contribution in [0.1, 0.15) is 43.1 Å². The molecule has 0 saturated carbocycles. The number of ether oxygens (including phenoxy) is 1. The molecule has 2 atom stereocenters. The van der Waals surface area contributed by atoms with E-state index in [-0.39, 0.29) is 0 Å². The lowest BCUT2D eigenvalue weighted by Gasteiger charge is -2.33. The van der Waals surface area contributed by atoms with Crippen molar-refractivity contribution in [1.82, 2.24) is 0 Å². The van der Waals surface area contributed by atoms with Gasteiger partial charge in [0.2, 0.25) is 0 Å². The Morgan fingerprint density at radius 3 is 2.50 bits per heavy atom. The van der Waals surface area contributed by atoms with Crippen LogP contribution in [0.4, 0.5) is 0 Å². The van der Waals surface area contributed by atoms with Crippen molar-refractivity contribution in [2.45, 2.75) is 45.8 Å². The number of benzene rings is 1. The third-order valence-electron chi connectivity index (χ3n) is 3.48. The number of hydrogen-bond donors (Lipinski definition) is 1. The Kier molecular flexibility index (Phi) is 4.11. The van der Waals surface area contributed by atoms with Gasteiger partial charge in [0.05, 0.1) is 5.60 Å². The minimum atomic E-state index is -0.581. The van der Waals surface area contributed by atoms with Crippen LogP contribution < -0.4 is 0 Å². The smallest absolute Gasteiger partial charge is 0.108 e. The molecular formula is C14H22O2. The first-order valence-electron chi connectivity index (χ1n) is 5.75. The molecule has 0 bridgehead atoms. The molecule has 2 heteroatoms. The molecule has 2 nitrogen and oxygen atoms in total. The summed E-state index contributed by atoms with van der Waals surface area (Å²) in [5.41, 5.74) is 2.72. The fourth-order valence-corrected chi connectivity index (χ4v) is 1.83. The van der Waals surface area contributed by atoms with E-state index < -0.39 is 11.7 Å². The molecule has 0 aliphatic carbocycles. The van der Waals surface area contributed by atoms with Gasteiger partial charge in [-0.25, -0.2) is 0 Å². The first-order valence-corrected chi connectivity index (χ1v) is 5.75. The van der Waals surface area contributed by atoms with Gasteiger partial charge in [-0.05, 0) is 38.3 Å². The van der Waals surface area contributed by atoms with Crippen LogP contribution in [0.5, 0.6) is 0 Å². The van der Waals surface area contributed by atoms with Gasteiger partial charge in [0, 0.05) is 7.11 Å². The van der Waals surface area contributed by atoms with Crippen LogP contribution in [0.3, 0.4) is 0 Å². The monoisotopic (exact) mass is 222 g/mol. The maximum Gasteiger partial charge on any atom is 0.108 e. The van der Waals surface area contributed by atoms with Crippen molar-refractivity contribution >= 4 is 0 Å². The lowest BCUT2D eigenvalue weighted by Crippen LogP contribution is -2.34. The van der Waals surface area contributed by atoms with Crippen molar-refractivity contribution in [3.05, 3.63) is 34.9 Å². The molecule has 0 heterocycles. The average molecular weight is 222 g/mol. The molecule has 1 N–H and O–H groups in total. The van der Waals surface area contributed by atoms with Crippen molar-refractivity contribution in [3.63, 3.8) is 0 Å². The fraction of sp³-hybridized carbons (Fsp3) is 0.571. The van der Waals surface area contributed by atoms with Gasteiger partial charge >= 0.3 is 0 Å². The molecule has 16 heavy (non-hydrogen) atoms. The first kappa shape index (κ1) is 13.2. The molecule has 0 spiro atoms. The van der Waals surface area contributed by atoms with Crippen molar-refractivity contribution < 1.29 is 9.84 Å². The fourth-order valence-electron chi connectivity index (χ4n) is 1.83. The molecule has 1 rings (SSSR count). The highest BCUT2D eigenvalue weighted by molar-refractivity contribution is 5.33. The summed E-state index contributed by atoms with van der Waals surface area (Å²) in [6.45, 7) is 8.02. The second-order valence-electron chi connectivity index (χ2n) is 4.63. The van der Waals surface area contributed by atoms with Gasteiger partial charge < -0.3 is 9.84 Å². The maximum absolute atomic E-state index is 10.4. The van der Waals surface area contributed by atoms with E-state index in [1.165, 1.54) is 0 Å². The van der Waals surface area contributed by atoms with Gasteiger partial charge in [0.15, 0.2) is 0 Å². The zero-order chi connectivity index (χ0) is 12.3. The van der Waals surface area contributed by atoms with Gasteiger partial charge in [0.25, 0.3) is 0 Å². The highest BCUT2D eigenvalue weighted by atomic mass is 16.5. The van der Waals surface area contributed by atoms with E-state index in [0.717, 1.165) is 23.1 Å². The number of hydrogen-bond acceptors (Lipinski definition) is 2. The third kappa shape index (κ3) is 2.45. The van der Waals surface area contributed by atoms with Crippen LogP contribution in [0.25, 0.3) is 0 Å². The topological polar surface area (TPSA) is 29.5 Å². The predicted octanol–water partition coefficient (Wildman–Crippen LogP) is 3.15. The number of aryl methyl sites for hydroxylation is 2. The number of methoxy groups -OCH3 is 1. The number of aliphatic hydroxyl groups excluding tert-OH is 1. The summed E-state index contributed by atoms with van der Waals surface area (Å²) >= 11 is 0. The van der Waals surface area contributed by atoms with Crippen molar-refractivity contribution in [3.8, 4) is 0 Å². The summed E-state index contributed by atoms with van der Waals surface area (Å²) < 4.78 is 5.45. The average Bonchev–Trinajstić information content (AvgIpc) is 2.30. The predicted molar refractivity (Wildman–Crippen MR) is 66.6 cm³/mol. The highest BCUT2D eigenvalue weighted by Gasteiger charge is 2.33. The second kappa shape index (κ2) is 4.98. The first-order chi connectivity index (χ1) is 7.44. The van der Waals surface area contributed by atoms with Crippen LogP contribution in [-0.4, -0.2) is 17.8 Å². The molecule has 0 amide bonds. The SMILES string of the molecule is CCC(C)(OC)C(O)c1cc(C)ccc1C. The largest absolute Gasteiger partial charge is 0.385 e. The Balaban J connectivity index is 3.12. The number of rotatable bonds is 4. The van der Waals surface area contributed by atoms with Crippen LogP contribution in [0.2, 0.25) is 0 Å². The minimum Gasteiger partial charge on any atom is -0.385 e. The lowest BCUT2D eigenvalue weighted by atomic mass is 9.87.